The van der Waals surface area contributed by atoms with Gasteiger partial charge in [-0.3, -0.25) is 9.69 Å². The number of rotatable bonds is 6. The summed E-state index contributed by atoms with van der Waals surface area (Å²) in [4.78, 5) is 17.6. The zero-order valence-electron chi connectivity index (χ0n) is 16.9. The summed E-state index contributed by atoms with van der Waals surface area (Å²) in [5.41, 5.74) is 1.81. The van der Waals surface area contributed by atoms with Crippen molar-refractivity contribution in [3.8, 4) is 22.6 Å². The molecule has 0 spiro atoms. The van der Waals surface area contributed by atoms with Gasteiger partial charge in [-0.15, -0.1) is 0 Å². The lowest BCUT2D eigenvalue weighted by Crippen LogP contribution is -2.45. The van der Waals surface area contributed by atoms with Crippen LogP contribution in [-0.4, -0.2) is 63.3 Å². The second-order valence-electron chi connectivity index (χ2n) is 7.36. The Kier molecular flexibility index (Phi) is 5.83. The number of benzene rings is 2. The molecule has 1 saturated heterocycles. The Morgan fingerprint density at radius 2 is 1.72 bits per heavy atom. The van der Waals surface area contributed by atoms with Crippen LogP contribution >= 0.6 is 0 Å². The first-order valence-electron chi connectivity index (χ1n) is 9.88. The van der Waals surface area contributed by atoms with Crippen LogP contribution in [0.1, 0.15) is 0 Å². The minimum atomic E-state index is -0.0552. The van der Waals surface area contributed by atoms with E-state index in [1.54, 1.807) is 19.2 Å². The van der Waals surface area contributed by atoms with Crippen LogP contribution in [0.25, 0.3) is 22.1 Å². The molecule has 6 nitrogen and oxygen atoms in total. The van der Waals surface area contributed by atoms with E-state index in [4.69, 9.17) is 13.9 Å². The molecule has 2 heterocycles. The molecule has 1 fully saturated rings. The highest BCUT2D eigenvalue weighted by Gasteiger charge is 2.14. The first kappa shape index (κ1) is 19.5. The lowest BCUT2D eigenvalue weighted by atomic mass is 10.1. The number of piperazine rings is 1. The molecule has 0 N–H and O–H groups in total. The van der Waals surface area contributed by atoms with Gasteiger partial charge < -0.3 is 18.8 Å². The van der Waals surface area contributed by atoms with E-state index in [0.717, 1.165) is 44.0 Å². The first-order chi connectivity index (χ1) is 14.1. The molecule has 0 bridgehead atoms. The average molecular weight is 394 g/mol. The van der Waals surface area contributed by atoms with Crippen LogP contribution in [0, 0.1) is 0 Å². The molecule has 4 rings (SSSR count). The van der Waals surface area contributed by atoms with Crippen molar-refractivity contribution >= 4 is 11.0 Å². The van der Waals surface area contributed by atoms with E-state index in [9.17, 15) is 4.79 Å². The van der Waals surface area contributed by atoms with Crippen molar-refractivity contribution in [3.63, 3.8) is 0 Å². The summed E-state index contributed by atoms with van der Waals surface area (Å²) in [6.45, 7) is 5.84. The number of ether oxygens (including phenoxy) is 2. The van der Waals surface area contributed by atoms with Gasteiger partial charge in [0.25, 0.3) is 0 Å². The highest BCUT2D eigenvalue weighted by molar-refractivity contribution is 5.82. The van der Waals surface area contributed by atoms with Crippen LogP contribution in [0.3, 0.4) is 0 Å². The molecule has 29 heavy (non-hydrogen) atoms. The molecule has 1 aromatic heterocycles. The average Bonchev–Trinajstić information content (AvgIpc) is 2.75. The lowest BCUT2D eigenvalue weighted by Gasteiger charge is -2.32. The zero-order chi connectivity index (χ0) is 20.2. The molecule has 152 valence electrons. The fourth-order valence-corrected chi connectivity index (χ4v) is 3.53. The van der Waals surface area contributed by atoms with Gasteiger partial charge in [0.15, 0.2) is 5.43 Å². The minimum absolute atomic E-state index is 0.0552. The molecular weight excluding hydrogens is 368 g/mol. The lowest BCUT2D eigenvalue weighted by molar-refractivity contribution is 0.134. The van der Waals surface area contributed by atoms with Gasteiger partial charge in [-0.05, 0) is 36.9 Å². The van der Waals surface area contributed by atoms with Crippen LogP contribution in [0.2, 0.25) is 0 Å². The van der Waals surface area contributed by atoms with Gasteiger partial charge in [-0.25, -0.2) is 0 Å². The van der Waals surface area contributed by atoms with E-state index in [1.807, 2.05) is 30.3 Å². The van der Waals surface area contributed by atoms with Crippen molar-refractivity contribution in [1.82, 2.24) is 9.80 Å². The van der Waals surface area contributed by atoms with Gasteiger partial charge in [0.05, 0.1) is 18.1 Å². The highest BCUT2D eigenvalue weighted by atomic mass is 16.5. The third-order valence-electron chi connectivity index (χ3n) is 5.42. The van der Waals surface area contributed by atoms with Gasteiger partial charge in [-0.1, -0.05) is 12.1 Å². The van der Waals surface area contributed by atoms with Crippen molar-refractivity contribution in [1.29, 1.82) is 0 Å². The number of fused-ring (bicyclic) bond motifs is 1. The molecular formula is C23H26N2O4. The molecule has 2 aromatic carbocycles. The van der Waals surface area contributed by atoms with Crippen molar-refractivity contribution in [2.24, 2.45) is 0 Å². The van der Waals surface area contributed by atoms with E-state index in [0.29, 0.717) is 28.9 Å². The van der Waals surface area contributed by atoms with Crippen molar-refractivity contribution in [2.45, 2.75) is 0 Å². The maximum absolute atomic E-state index is 12.9. The zero-order valence-corrected chi connectivity index (χ0v) is 16.9. The summed E-state index contributed by atoms with van der Waals surface area (Å²) >= 11 is 0. The maximum Gasteiger partial charge on any atom is 0.200 e. The summed E-state index contributed by atoms with van der Waals surface area (Å²) < 4.78 is 16.8. The molecule has 0 unspecified atom stereocenters. The Labute approximate surface area is 170 Å². The van der Waals surface area contributed by atoms with Crippen LogP contribution in [0.15, 0.2) is 57.9 Å². The van der Waals surface area contributed by atoms with E-state index >= 15 is 0 Å². The van der Waals surface area contributed by atoms with E-state index in [2.05, 4.69) is 16.8 Å². The van der Waals surface area contributed by atoms with E-state index in [-0.39, 0.29) is 5.43 Å². The van der Waals surface area contributed by atoms with Gasteiger partial charge in [-0.2, -0.15) is 0 Å². The van der Waals surface area contributed by atoms with E-state index < -0.39 is 0 Å². The van der Waals surface area contributed by atoms with E-state index in [1.165, 1.54) is 6.26 Å². The Morgan fingerprint density at radius 3 is 2.45 bits per heavy atom. The number of hydrogen-bond donors (Lipinski definition) is 0. The second kappa shape index (κ2) is 8.68. The first-order valence-corrected chi connectivity index (χ1v) is 9.88. The van der Waals surface area contributed by atoms with Gasteiger partial charge in [0, 0.05) is 38.8 Å². The molecule has 6 heteroatoms. The van der Waals surface area contributed by atoms with Crippen LogP contribution in [-0.2, 0) is 0 Å². The van der Waals surface area contributed by atoms with Crippen molar-refractivity contribution in [2.75, 3.05) is 53.5 Å². The summed E-state index contributed by atoms with van der Waals surface area (Å²) in [7, 11) is 3.76. The standard InChI is InChI=1S/C23H26N2O4/c1-24-9-11-25(12-10-24)13-14-28-19-7-8-20-22(15-19)29-16-21(23(20)26)17-3-5-18(27-2)6-4-17/h3-8,15-16H,9-14H2,1-2H3. The molecule has 0 saturated carbocycles. The van der Waals surface area contributed by atoms with Crippen molar-refractivity contribution in [3.05, 3.63) is 59.0 Å². The summed E-state index contributed by atoms with van der Waals surface area (Å²) in [6, 6.07) is 12.8. The van der Waals surface area contributed by atoms with Crippen LogP contribution in [0.5, 0.6) is 11.5 Å². The molecule has 0 aliphatic carbocycles. The molecule has 1 aliphatic heterocycles. The topological polar surface area (TPSA) is 55.2 Å². The van der Waals surface area contributed by atoms with Gasteiger partial charge in [0.2, 0.25) is 0 Å². The SMILES string of the molecule is COc1ccc(-c2coc3cc(OCCN4CCN(C)CC4)ccc3c2=O)cc1. The Bertz CT molecular complexity index is 1020. The Balaban J connectivity index is 1.46. The largest absolute Gasteiger partial charge is 0.497 e. The quantitative estimate of drug-likeness (QED) is 0.640. The predicted molar refractivity (Wildman–Crippen MR) is 114 cm³/mol. The molecule has 3 aromatic rings. The Hall–Kier alpha value is -2.83. The fraction of sp³-hybridized carbons (Fsp3) is 0.348. The summed E-state index contributed by atoms with van der Waals surface area (Å²) in [6.07, 6.45) is 1.51. The number of hydrogen-bond acceptors (Lipinski definition) is 6. The summed E-state index contributed by atoms with van der Waals surface area (Å²) in [5.74, 6) is 1.46. The summed E-state index contributed by atoms with van der Waals surface area (Å²) in [5, 5.41) is 0.546. The smallest absolute Gasteiger partial charge is 0.200 e. The molecule has 0 radical (unpaired) electrons. The maximum atomic E-state index is 12.9. The predicted octanol–water partition coefficient (Wildman–Crippen LogP) is 3.09. The third-order valence-corrected chi connectivity index (χ3v) is 5.42. The third kappa shape index (κ3) is 4.44. The molecule has 0 amide bonds. The van der Waals surface area contributed by atoms with Gasteiger partial charge in [0.1, 0.15) is 30.0 Å². The van der Waals surface area contributed by atoms with Gasteiger partial charge >= 0.3 is 0 Å². The highest BCUT2D eigenvalue weighted by Crippen LogP contribution is 2.24. The second-order valence-corrected chi connectivity index (χ2v) is 7.36. The number of likely N-dealkylation sites (N-methyl/N-ethyl adjacent to an activating group) is 1. The number of methoxy groups -OCH3 is 1. The molecule has 0 atom stereocenters. The fourth-order valence-electron chi connectivity index (χ4n) is 3.53. The van der Waals surface area contributed by atoms with Crippen LogP contribution in [0.4, 0.5) is 0 Å². The van der Waals surface area contributed by atoms with Crippen molar-refractivity contribution < 1.29 is 13.9 Å². The normalized spacial score (nSPS) is 15.5. The van der Waals surface area contributed by atoms with Crippen LogP contribution < -0.4 is 14.9 Å². The monoisotopic (exact) mass is 394 g/mol. The minimum Gasteiger partial charge on any atom is -0.497 e. The Morgan fingerprint density at radius 1 is 1.00 bits per heavy atom. The molecule has 1 aliphatic rings. The number of nitrogens with zero attached hydrogens (tertiary/aromatic N) is 2.